The number of nitrogens with zero attached hydrogens (tertiary/aromatic N) is 1. The lowest BCUT2D eigenvalue weighted by Gasteiger charge is -2.16. The van der Waals surface area contributed by atoms with Crippen molar-refractivity contribution in [1.82, 2.24) is 9.55 Å². The summed E-state index contributed by atoms with van der Waals surface area (Å²) in [6.07, 6.45) is 1.96. The number of aromatic nitrogens is 2. The molecule has 0 radical (unpaired) electrons. The smallest absolute Gasteiger partial charge is 0.331 e. The Kier molecular flexibility index (Phi) is 5.50. The van der Waals surface area contributed by atoms with E-state index >= 15 is 0 Å². The quantitative estimate of drug-likeness (QED) is 0.614. The summed E-state index contributed by atoms with van der Waals surface area (Å²) in [5.41, 5.74) is 2.17. The minimum Gasteiger partial charge on any atom is -0.356 e. The largest absolute Gasteiger partial charge is 0.356 e. The van der Waals surface area contributed by atoms with E-state index in [4.69, 9.17) is 4.74 Å². The van der Waals surface area contributed by atoms with E-state index in [1.165, 1.54) is 11.8 Å². The molecule has 0 atom stereocenters. The van der Waals surface area contributed by atoms with E-state index in [2.05, 4.69) is 11.1 Å². The van der Waals surface area contributed by atoms with Crippen molar-refractivity contribution in [2.24, 2.45) is 0 Å². The van der Waals surface area contributed by atoms with Gasteiger partial charge in [-0.2, -0.15) is 0 Å². The van der Waals surface area contributed by atoms with Gasteiger partial charge in [0.05, 0.1) is 17.2 Å². The van der Waals surface area contributed by atoms with E-state index in [0.717, 1.165) is 28.9 Å². The van der Waals surface area contributed by atoms with Gasteiger partial charge in [0.15, 0.2) is 0 Å². The van der Waals surface area contributed by atoms with Gasteiger partial charge in [-0.3, -0.25) is 14.3 Å². The molecule has 1 aliphatic rings. The first-order chi connectivity index (χ1) is 13.6. The second-order valence-corrected chi connectivity index (χ2v) is 8.12. The fourth-order valence-electron chi connectivity index (χ4n) is 3.15. The van der Waals surface area contributed by atoms with Gasteiger partial charge in [-0.15, -0.1) is 0 Å². The molecule has 1 fully saturated rings. The van der Waals surface area contributed by atoms with Crippen molar-refractivity contribution in [3.63, 3.8) is 0 Å². The summed E-state index contributed by atoms with van der Waals surface area (Å²) in [4.78, 5) is 28.6. The van der Waals surface area contributed by atoms with Crippen LogP contribution in [0, 0.1) is 6.92 Å². The molecule has 6 heteroatoms. The predicted octanol–water partition coefficient (Wildman–Crippen LogP) is 4.05. The fourth-order valence-corrected chi connectivity index (χ4v) is 4.38. The maximum atomic E-state index is 12.6. The number of nitrogens with one attached hydrogen (secondary N) is 1. The van der Waals surface area contributed by atoms with E-state index < -0.39 is 5.69 Å². The summed E-state index contributed by atoms with van der Waals surface area (Å²) in [5.74, 6) is 0.219. The Labute approximate surface area is 167 Å². The molecule has 5 nitrogen and oxygen atoms in total. The lowest BCUT2D eigenvalue weighted by Crippen LogP contribution is -2.34. The Morgan fingerprint density at radius 3 is 2.61 bits per heavy atom. The second-order valence-electron chi connectivity index (χ2n) is 7.06. The molecule has 28 heavy (non-hydrogen) atoms. The Balaban J connectivity index is 1.67. The van der Waals surface area contributed by atoms with Crippen LogP contribution in [0.4, 0.5) is 0 Å². The molecule has 0 aliphatic heterocycles. The first kappa shape index (κ1) is 18.8. The normalized spacial score (nSPS) is 13.6. The van der Waals surface area contributed by atoms with Crippen LogP contribution in [-0.2, 0) is 18.1 Å². The van der Waals surface area contributed by atoms with Gasteiger partial charge in [-0.25, -0.2) is 4.79 Å². The van der Waals surface area contributed by atoms with Crippen molar-refractivity contribution < 1.29 is 4.74 Å². The molecule has 144 valence electrons. The van der Waals surface area contributed by atoms with Crippen LogP contribution in [0.5, 0.6) is 0 Å². The molecule has 1 N–H and O–H groups in total. The zero-order valence-corrected chi connectivity index (χ0v) is 16.5. The topological polar surface area (TPSA) is 64.1 Å². The third-order valence-electron chi connectivity index (χ3n) is 4.71. The Hall–Kier alpha value is -2.57. The van der Waals surface area contributed by atoms with Crippen molar-refractivity contribution >= 4 is 11.8 Å². The van der Waals surface area contributed by atoms with Crippen LogP contribution in [0.15, 0.2) is 74.1 Å². The highest BCUT2D eigenvalue weighted by molar-refractivity contribution is 7.99. The standard InChI is InChI=1S/C22H22N2O3S/c1-15-6-5-9-18(12-15)28-21-19(17-10-11-17)20(25)23-22(26)24(21)14-27-13-16-7-3-2-4-8-16/h2-9,12,17H,10-11,13-14H2,1H3,(H,23,25,26). The van der Waals surface area contributed by atoms with Gasteiger partial charge >= 0.3 is 5.69 Å². The number of aromatic amines is 1. The van der Waals surface area contributed by atoms with Crippen molar-refractivity contribution in [1.29, 1.82) is 0 Å². The van der Waals surface area contributed by atoms with Crippen molar-refractivity contribution in [3.05, 3.63) is 92.1 Å². The predicted molar refractivity (Wildman–Crippen MR) is 110 cm³/mol. The minimum atomic E-state index is -0.433. The number of benzene rings is 2. The number of hydrogen-bond donors (Lipinski definition) is 1. The molecule has 2 aromatic carbocycles. The molecular formula is C22H22N2O3S. The minimum absolute atomic E-state index is 0.0956. The van der Waals surface area contributed by atoms with Gasteiger partial charge in [-0.1, -0.05) is 59.8 Å². The highest BCUT2D eigenvalue weighted by Gasteiger charge is 2.31. The van der Waals surface area contributed by atoms with Crippen LogP contribution in [0.2, 0.25) is 0 Å². The van der Waals surface area contributed by atoms with E-state index in [1.54, 1.807) is 4.57 Å². The lowest BCUT2D eigenvalue weighted by atomic mass is 10.2. The zero-order valence-electron chi connectivity index (χ0n) is 15.7. The van der Waals surface area contributed by atoms with Crippen molar-refractivity contribution in [2.45, 2.75) is 48.9 Å². The van der Waals surface area contributed by atoms with Gasteiger partial charge in [0, 0.05) is 4.90 Å². The van der Waals surface area contributed by atoms with Gasteiger partial charge in [-0.05, 0) is 43.4 Å². The fraction of sp³-hybridized carbons (Fsp3) is 0.273. The third kappa shape index (κ3) is 4.29. The Morgan fingerprint density at radius 2 is 1.89 bits per heavy atom. The molecule has 4 rings (SSSR count). The first-order valence-corrected chi connectivity index (χ1v) is 10.2. The van der Waals surface area contributed by atoms with Crippen molar-refractivity contribution in [2.75, 3.05) is 0 Å². The molecule has 0 saturated heterocycles. The average molecular weight is 394 g/mol. The summed E-state index contributed by atoms with van der Waals surface area (Å²) < 4.78 is 7.36. The van der Waals surface area contributed by atoms with Gasteiger partial charge < -0.3 is 4.74 Å². The molecule has 3 aromatic rings. The van der Waals surface area contributed by atoms with Crippen LogP contribution < -0.4 is 11.2 Å². The van der Waals surface area contributed by atoms with E-state index in [1.807, 2.05) is 55.5 Å². The Morgan fingerprint density at radius 1 is 1.11 bits per heavy atom. The van der Waals surface area contributed by atoms with Gasteiger partial charge in [0.25, 0.3) is 5.56 Å². The lowest BCUT2D eigenvalue weighted by molar-refractivity contribution is 0.0550. The number of hydrogen-bond acceptors (Lipinski definition) is 4. The van der Waals surface area contributed by atoms with Gasteiger partial charge in [0.2, 0.25) is 0 Å². The van der Waals surface area contributed by atoms with Crippen LogP contribution in [-0.4, -0.2) is 9.55 Å². The molecule has 1 heterocycles. The van der Waals surface area contributed by atoms with E-state index in [0.29, 0.717) is 17.2 Å². The second kappa shape index (κ2) is 8.20. The first-order valence-electron chi connectivity index (χ1n) is 9.35. The SMILES string of the molecule is Cc1cccc(Sc2c(C3CC3)c(=O)[nH]c(=O)n2COCc2ccccc2)c1. The van der Waals surface area contributed by atoms with Gasteiger partial charge in [0.1, 0.15) is 6.73 Å². The molecule has 0 spiro atoms. The highest BCUT2D eigenvalue weighted by atomic mass is 32.2. The monoisotopic (exact) mass is 394 g/mol. The molecule has 0 bridgehead atoms. The number of aryl methyl sites for hydroxylation is 1. The van der Waals surface area contributed by atoms with Crippen LogP contribution in [0.1, 0.15) is 35.4 Å². The summed E-state index contributed by atoms with van der Waals surface area (Å²) in [7, 11) is 0. The molecule has 1 saturated carbocycles. The Bertz CT molecular complexity index is 1080. The third-order valence-corrected chi connectivity index (χ3v) is 5.83. The zero-order chi connectivity index (χ0) is 19.5. The number of ether oxygens (including phenoxy) is 1. The highest BCUT2D eigenvalue weighted by Crippen LogP contribution is 2.43. The maximum Gasteiger partial charge on any atom is 0.331 e. The number of rotatable bonds is 7. The van der Waals surface area contributed by atoms with E-state index in [9.17, 15) is 9.59 Å². The van der Waals surface area contributed by atoms with E-state index in [-0.39, 0.29) is 18.2 Å². The molecule has 1 aromatic heterocycles. The number of H-pyrrole nitrogens is 1. The van der Waals surface area contributed by atoms with Crippen LogP contribution in [0.25, 0.3) is 0 Å². The van der Waals surface area contributed by atoms with Crippen molar-refractivity contribution in [3.8, 4) is 0 Å². The van der Waals surface area contributed by atoms with Crippen LogP contribution >= 0.6 is 11.8 Å². The molecule has 0 amide bonds. The molecular weight excluding hydrogens is 372 g/mol. The summed E-state index contributed by atoms with van der Waals surface area (Å²) >= 11 is 1.46. The molecule has 0 unspecified atom stereocenters. The van der Waals surface area contributed by atoms with Crippen LogP contribution in [0.3, 0.4) is 0 Å². The average Bonchev–Trinajstić information content (AvgIpc) is 3.50. The summed E-state index contributed by atoms with van der Waals surface area (Å²) in [5, 5.41) is 0.690. The molecule has 1 aliphatic carbocycles. The maximum absolute atomic E-state index is 12.6. The summed E-state index contributed by atoms with van der Waals surface area (Å²) in [6.45, 7) is 2.53. The summed E-state index contributed by atoms with van der Waals surface area (Å²) in [6, 6.07) is 17.9.